The average Bonchev–Trinajstić information content (AvgIpc) is 2.56. The van der Waals surface area contributed by atoms with Gasteiger partial charge in [0.2, 0.25) is 5.91 Å². The van der Waals surface area contributed by atoms with Crippen LogP contribution in [0.3, 0.4) is 0 Å². The molecule has 1 unspecified atom stereocenters. The van der Waals surface area contributed by atoms with E-state index in [1.165, 1.54) is 13.8 Å². The summed E-state index contributed by atoms with van der Waals surface area (Å²) in [5.41, 5.74) is -1.37. The van der Waals surface area contributed by atoms with Crippen LogP contribution in [0.4, 0.5) is 0 Å². The molecule has 0 bridgehead atoms. The predicted molar refractivity (Wildman–Crippen MR) is 48.8 cm³/mol. The Morgan fingerprint density at radius 3 is 2.57 bits per heavy atom. The van der Waals surface area contributed by atoms with Gasteiger partial charge in [0, 0.05) is 6.61 Å². The number of hydrogen-bond donors (Lipinski definition) is 2. The summed E-state index contributed by atoms with van der Waals surface area (Å²) in [6.45, 7) is 3.88. The zero-order chi connectivity index (χ0) is 10.8. The van der Waals surface area contributed by atoms with E-state index in [0.29, 0.717) is 13.2 Å². The highest BCUT2D eigenvalue weighted by Gasteiger charge is 2.37. The topological polar surface area (TPSA) is 75.6 Å². The lowest BCUT2D eigenvalue weighted by atomic mass is 9.92. The summed E-state index contributed by atoms with van der Waals surface area (Å²) in [6.07, 6.45) is 0.751. The molecular formula is C9H15NO4. The lowest BCUT2D eigenvalue weighted by Crippen LogP contribution is -2.46. The molecule has 1 saturated heterocycles. The number of carbonyl (C=O) groups excluding carboxylic acids is 1. The molecule has 1 aliphatic rings. The molecule has 1 amide bonds. The Hall–Kier alpha value is -1.10. The van der Waals surface area contributed by atoms with E-state index in [1.54, 1.807) is 0 Å². The molecule has 14 heavy (non-hydrogen) atoms. The molecule has 5 heteroatoms. The molecular weight excluding hydrogens is 186 g/mol. The fourth-order valence-electron chi connectivity index (χ4n) is 1.11. The second-order valence-corrected chi connectivity index (χ2v) is 3.96. The first kappa shape index (κ1) is 11.0. The molecule has 1 rings (SSSR count). The summed E-state index contributed by atoms with van der Waals surface area (Å²) in [6, 6.07) is -0.0406. The van der Waals surface area contributed by atoms with Crippen molar-refractivity contribution in [3.8, 4) is 0 Å². The minimum Gasteiger partial charge on any atom is -0.480 e. The summed E-state index contributed by atoms with van der Waals surface area (Å²) in [5.74, 6) is -1.57. The molecule has 5 nitrogen and oxygen atoms in total. The summed E-state index contributed by atoms with van der Waals surface area (Å²) < 4.78 is 5.07. The van der Waals surface area contributed by atoms with Crippen molar-refractivity contribution in [3.05, 3.63) is 0 Å². The first-order chi connectivity index (χ1) is 6.44. The average molecular weight is 201 g/mol. The SMILES string of the molecule is CC(C)(C(=O)O)C(=O)NC1CCOC1. The smallest absolute Gasteiger partial charge is 0.318 e. The predicted octanol–water partition coefficient (Wildman–Crippen LogP) is 0.00230. The number of amides is 1. The highest BCUT2D eigenvalue weighted by molar-refractivity contribution is 6.01. The van der Waals surface area contributed by atoms with Crippen LogP contribution in [-0.4, -0.2) is 36.2 Å². The maximum atomic E-state index is 11.5. The van der Waals surface area contributed by atoms with Gasteiger partial charge in [-0.05, 0) is 20.3 Å². The highest BCUT2D eigenvalue weighted by atomic mass is 16.5. The van der Waals surface area contributed by atoms with Gasteiger partial charge in [-0.2, -0.15) is 0 Å². The molecule has 0 saturated carbocycles. The maximum absolute atomic E-state index is 11.5. The van der Waals surface area contributed by atoms with Crippen molar-refractivity contribution in [2.45, 2.75) is 26.3 Å². The molecule has 1 heterocycles. The number of carboxylic acid groups (broad SMARTS) is 1. The molecule has 0 aromatic rings. The molecule has 0 spiro atoms. The Balaban J connectivity index is 2.52. The fraction of sp³-hybridized carbons (Fsp3) is 0.778. The Bertz CT molecular complexity index is 243. The second kappa shape index (κ2) is 3.96. The number of ether oxygens (including phenoxy) is 1. The Morgan fingerprint density at radius 1 is 1.50 bits per heavy atom. The van der Waals surface area contributed by atoms with Crippen LogP contribution in [0.2, 0.25) is 0 Å². The third-order valence-electron chi connectivity index (χ3n) is 2.37. The van der Waals surface area contributed by atoms with Crippen molar-refractivity contribution in [1.82, 2.24) is 5.32 Å². The molecule has 1 atom stereocenters. The van der Waals surface area contributed by atoms with Gasteiger partial charge in [0.1, 0.15) is 5.41 Å². The maximum Gasteiger partial charge on any atom is 0.318 e. The molecule has 0 radical (unpaired) electrons. The van der Waals surface area contributed by atoms with E-state index >= 15 is 0 Å². The quantitative estimate of drug-likeness (QED) is 0.630. The third-order valence-corrected chi connectivity index (χ3v) is 2.37. The summed E-state index contributed by atoms with van der Waals surface area (Å²) >= 11 is 0. The van der Waals surface area contributed by atoms with E-state index in [2.05, 4.69) is 5.32 Å². The van der Waals surface area contributed by atoms with Crippen LogP contribution in [0.25, 0.3) is 0 Å². The van der Waals surface area contributed by atoms with Gasteiger partial charge < -0.3 is 15.2 Å². The number of aliphatic carboxylic acids is 1. The van der Waals surface area contributed by atoms with Gasteiger partial charge >= 0.3 is 5.97 Å². The van der Waals surface area contributed by atoms with Crippen molar-refractivity contribution < 1.29 is 19.4 Å². The van der Waals surface area contributed by atoms with Crippen molar-refractivity contribution in [2.75, 3.05) is 13.2 Å². The van der Waals surface area contributed by atoms with E-state index in [4.69, 9.17) is 9.84 Å². The lowest BCUT2D eigenvalue weighted by Gasteiger charge is -2.20. The van der Waals surface area contributed by atoms with Crippen LogP contribution in [0.1, 0.15) is 20.3 Å². The number of rotatable bonds is 3. The molecule has 1 aliphatic heterocycles. The van der Waals surface area contributed by atoms with Crippen molar-refractivity contribution in [1.29, 1.82) is 0 Å². The molecule has 0 aromatic heterocycles. The van der Waals surface area contributed by atoms with E-state index in [-0.39, 0.29) is 6.04 Å². The largest absolute Gasteiger partial charge is 0.480 e. The van der Waals surface area contributed by atoms with Gasteiger partial charge in [-0.25, -0.2) is 0 Å². The van der Waals surface area contributed by atoms with Gasteiger partial charge in [0.05, 0.1) is 12.6 Å². The number of carbonyl (C=O) groups is 2. The van der Waals surface area contributed by atoms with E-state index < -0.39 is 17.3 Å². The molecule has 1 fully saturated rings. The fourth-order valence-corrected chi connectivity index (χ4v) is 1.11. The van der Waals surface area contributed by atoms with Gasteiger partial charge in [-0.3, -0.25) is 9.59 Å². The highest BCUT2D eigenvalue weighted by Crippen LogP contribution is 2.16. The minimum atomic E-state index is -1.37. The molecule has 0 aromatic carbocycles. The summed E-state index contributed by atoms with van der Waals surface area (Å²) in [4.78, 5) is 22.3. The van der Waals surface area contributed by atoms with Crippen LogP contribution in [0, 0.1) is 5.41 Å². The third kappa shape index (κ3) is 2.23. The number of carboxylic acids is 1. The van der Waals surface area contributed by atoms with Crippen LogP contribution in [0.5, 0.6) is 0 Å². The monoisotopic (exact) mass is 201 g/mol. The number of nitrogens with one attached hydrogen (secondary N) is 1. The Kier molecular flexibility index (Phi) is 3.10. The molecule has 0 aliphatic carbocycles. The van der Waals surface area contributed by atoms with E-state index in [1.807, 2.05) is 0 Å². The molecule has 2 N–H and O–H groups in total. The standard InChI is InChI=1S/C9H15NO4/c1-9(2,8(12)13)7(11)10-6-3-4-14-5-6/h6H,3-5H2,1-2H3,(H,10,11)(H,12,13). The first-order valence-corrected chi connectivity index (χ1v) is 4.56. The zero-order valence-corrected chi connectivity index (χ0v) is 8.37. The zero-order valence-electron chi connectivity index (χ0n) is 8.37. The van der Waals surface area contributed by atoms with E-state index in [0.717, 1.165) is 6.42 Å². The summed E-state index contributed by atoms with van der Waals surface area (Å²) in [7, 11) is 0. The molecule has 80 valence electrons. The van der Waals surface area contributed by atoms with Crippen molar-refractivity contribution >= 4 is 11.9 Å². The normalized spacial score (nSPS) is 22.0. The number of hydrogen-bond acceptors (Lipinski definition) is 3. The van der Waals surface area contributed by atoms with Gasteiger partial charge in [-0.1, -0.05) is 0 Å². The second-order valence-electron chi connectivity index (χ2n) is 3.96. The van der Waals surface area contributed by atoms with Crippen LogP contribution in [-0.2, 0) is 14.3 Å². The van der Waals surface area contributed by atoms with Gasteiger partial charge in [0.15, 0.2) is 0 Å². The summed E-state index contributed by atoms with van der Waals surface area (Å²) in [5, 5.41) is 11.4. The van der Waals surface area contributed by atoms with Crippen LogP contribution < -0.4 is 5.32 Å². The van der Waals surface area contributed by atoms with Crippen molar-refractivity contribution in [2.24, 2.45) is 5.41 Å². The van der Waals surface area contributed by atoms with Crippen molar-refractivity contribution in [3.63, 3.8) is 0 Å². The van der Waals surface area contributed by atoms with Crippen LogP contribution in [0.15, 0.2) is 0 Å². The van der Waals surface area contributed by atoms with Gasteiger partial charge in [-0.15, -0.1) is 0 Å². The Labute approximate surface area is 82.4 Å². The lowest BCUT2D eigenvalue weighted by molar-refractivity contribution is -0.153. The first-order valence-electron chi connectivity index (χ1n) is 4.56. The minimum absolute atomic E-state index is 0.0406. The van der Waals surface area contributed by atoms with E-state index in [9.17, 15) is 9.59 Å². The van der Waals surface area contributed by atoms with Crippen LogP contribution >= 0.6 is 0 Å². The Morgan fingerprint density at radius 2 is 2.14 bits per heavy atom. The van der Waals surface area contributed by atoms with Gasteiger partial charge in [0.25, 0.3) is 0 Å².